The van der Waals surface area contributed by atoms with Crippen molar-refractivity contribution in [2.75, 3.05) is 19.8 Å². The van der Waals surface area contributed by atoms with Gasteiger partial charge in [0.15, 0.2) is 0 Å². The van der Waals surface area contributed by atoms with Gasteiger partial charge in [0.05, 0.1) is 10.2 Å². The largest absolute Gasteiger partial charge is 2.00 e. The van der Waals surface area contributed by atoms with Crippen LogP contribution in [0.15, 0.2) is 0 Å². The fourth-order valence-electron chi connectivity index (χ4n) is 2.07. The van der Waals surface area contributed by atoms with Gasteiger partial charge in [-0.05, 0) is 33.6 Å². The second kappa shape index (κ2) is 16.7. The van der Waals surface area contributed by atoms with Crippen LogP contribution in [0.2, 0.25) is 0 Å². The van der Waals surface area contributed by atoms with E-state index in [1.54, 1.807) is 0 Å². The van der Waals surface area contributed by atoms with Crippen LogP contribution < -0.4 is 0 Å². The van der Waals surface area contributed by atoms with Gasteiger partial charge in [0, 0.05) is 32.7 Å². The molecule has 0 atom stereocenters. The van der Waals surface area contributed by atoms with E-state index in [2.05, 4.69) is 0 Å². The molecule has 0 unspecified atom stereocenters. The molecule has 0 bridgehead atoms. The Morgan fingerprint density at radius 1 is 0.905 bits per heavy atom. The zero-order chi connectivity index (χ0) is 14.6. The second-order valence-electron chi connectivity index (χ2n) is 4.60. The molecule has 0 aromatic rings. The van der Waals surface area contributed by atoms with Gasteiger partial charge < -0.3 is 24.5 Å². The van der Waals surface area contributed by atoms with Crippen molar-refractivity contribution >= 4 is 15.6 Å². The van der Waals surface area contributed by atoms with E-state index in [1.165, 1.54) is 0 Å². The summed E-state index contributed by atoms with van der Waals surface area (Å²) in [6.07, 6.45) is 5.68. The van der Waals surface area contributed by atoms with Gasteiger partial charge in [-0.2, -0.15) is 0 Å². The molecule has 0 amide bonds. The van der Waals surface area contributed by atoms with Crippen LogP contribution in [0.3, 0.4) is 0 Å². The van der Waals surface area contributed by atoms with Crippen molar-refractivity contribution in [1.82, 2.24) is 0 Å². The molecule has 0 saturated heterocycles. The van der Waals surface area contributed by atoms with Gasteiger partial charge >= 0.3 is 19.5 Å². The molecule has 0 aromatic carbocycles. The Morgan fingerprint density at radius 3 is 1.71 bits per heavy atom. The number of rotatable bonds is 13. The van der Waals surface area contributed by atoms with E-state index >= 15 is 0 Å². The molecule has 0 aliphatic heterocycles. The van der Waals surface area contributed by atoms with Crippen LogP contribution in [0.5, 0.6) is 0 Å². The molecule has 0 aliphatic rings. The normalized spacial score (nSPS) is 10.8. The fourth-order valence-corrected chi connectivity index (χ4v) is 2.42. The Bertz CT molecular complexity index is 224. The van der Waals surface area contributed by atoms with E-state index in [0.29, 0.717) is 35.5 Å². The quantitative estimate of drug-likeness (QED) is 0.281. The molecule has 7 heteroatoms. The molecule has 0 fully saturated rings. The minimum atomic E-state index is -0.869. The van der Waals surface area contributed by atoms with Gasteiger partial charge in [-0.15, -0.1) is 0 Å². The average Bonchev–Trinajstić information content (AvgIpc) is 2.34. The predicted octanol–water partition coefficient (Wildman–Crippen LogP) is 1.86. The van der Waals surface area contributed by atoms with Gasteiger partial charge in [0.1, 0.15) is 5.41 Å². The molecule has 0 rings (SSSR count). The summed E-state index contributed by atoms with van der Waals surface area (Å²) in [5.41, 5.74) is 0. The number of carbonyl (C=O) groups excluding carboxylic acids is 1. The van der Waals surface area contributed by atoms with E-state index in [1.807, 2.05) is 20.8 Å². The number of unbranched alkanes of at least 4 members (excludes halogenated alkanes) is 3. The first-order valence-corrected chi connectivity index (χ1v) is 8.51. The molecule has 0 spiro atoms. The standard InChI is InChI=1S/C14H30O4Si.O.Zn/c1-4-16-14(17-5-2,18-6-3)12-10-8-7-9-11-13(15)19;;/h4-12H2,1-3,19H3;;/q;-2;+2. The van der Waals surface area contributed by atoms with Crippen LogP contribution in [0, 0.1) is 0 Å². The molecule has 0 aliphatic carbocycles. The maximum absolute atomic E-state index is 10.9. The first-order chi connectivity index (χ1) is 9.10. The topological polar surface area (TPSA) is 73.3 Å². The Hall–Kier alpha value is 0.350. The summed E-state index contributed by atoms with van der Waals surface area (Å²) in [5, 5.41) is 0.410. The van der Waals surface area contributed by atoms with Crippen molar-refractivity contribution < 1.29 is 44.0 Å². The van der Waals surface area contributed by atoms with Gasteiger partial charge in [-0.1, -0.05) is 12.8 Å². The third kappa shape index (κ3) is 13.7. The van der Waals surface area contributed by atoms with Crippen molar-refractivity contribution in [2.45, 2.75) is 65.3 Å². The van der Waals surface area contributed by atoms with E-state index in [4.69, 9.17) is 14.2 Å². The maximum atomic E-state index is 10.9. The Morgan fingerprint density at radius 2 is 1.33 bits per heavy atom. The summed E-state index contributed by atoms with van der Waals surface area (Å²) < 4.78 is 17.0. The average molecular weight is 372 g/mol. The minimum Gasteiger partial charge on any atom is -2.00 e. The smallest absolute Gasteiger partial charge is 2.00 e. The molecular formula is C14H30O5SiZn. The number of ether oxygens (including phenoxy) is 3. The van der Waals surface area contributed by atoms with Crippen LogP contribution >= 0.6 is 0 Å². The SMILES string of the molecule is CCOC(CCCCCCC(=O)[SiH3])(OCC)OCC.[O-2].[Zn+2]. The minimum absolute atomic E-state index is 0. The molecule has 21 heavy (non-hydrogen) atoms. The zero-order valence-electron chi connectivity index (χ0n) is 14.1. The third-order valence-corrected chi connectivity index (χ3v) is 3.35. The second-order valence-corrected chi connectivity index (χ2v) is 5.71. The van der Waals surface area contributed by atoms with Crippen molar-refractivity contribution in [2.24, 2.45) is 0 Å². The summed E-state index contributed by atoms with van der Waals surface area (Å²) in [7, 11) is 0.684. The van der Waals surface area contributed by atoms with Crippen LogP contribution in [-0.4, -0.2) is 41.4 Å². The Labute approximate surface area is 145 Å². The van der Waals surface area contributed by atoms with Crippen molar-refractivity contribution in [3.63, 3.8) is 0 Å². The Kier molecular flexibility index (Phi) is 20.9. The van der Waals surface area contributed by atoms with E-state index in [0.717, 1.165) is 38.5 Å². The summed E-state index contributed by atoms with van der Waals surface area (Å²) in [6, 6.07) is 0. The van der Waals surface area contributed by atoms with E-state index in [-0.39, 0.29) is 25.0 Å². The summed E-state index contributed by atoms with van der Waals surface area (Å²) in [6.45, 7) is 7.58. The fraction of sp³-hybridized carbons (Fsp3) is 0.929. The van der Waals surface area contributed by atoms with Gasteiger partial charge in [-0.3, -0.25) is 0 Å². The molecule has 0 heterocycles. The van der Waals surface area contributed by atoms with Crippen LogP contribution in [0.25, 0.3) is 0 Å². The maximum Gasteiger partial charge on any atom is 2.00 e. The predicted molar refractivity (Wildman–Crippen MR) is 80.9 cm³/mol. The van der Waals surface area contributed by atoms with Crippen LogP contribution in [0.1, 0.15) is 59.3 Å². The van der Waals surface area contributed by atoms with Crippen molar-refractivity contribution in [1.29, 1.82) is 0 Å². The van der Waals surface area contributed by atoms with Crippen molar-refractivity contribution in [3.05, 3.63) is 0 Å². The summed E-state index contributed by atoms with van der Waals surface area (Å²) in [5.74, 6) is -0.869. The summed E-state index contributed by atoms with van der Waals surface area (Å²) in [4.78, 5) is 10.9. The molecule has 0 aromatic heterocycles. The molecule has 0 radical (unpaired) electrons. The molecule has 122 valence electrons. The first kappa shape index (κ1) is 26.3. The molecule has 0 saturated carbocycles. The van der Waals surface area contributed by atoms with Gasteiger partial charge in [0.25, 0.3) is 5.97 Å². The molecule has 5 nitrogen and oxygen atoms in total. The molecular weight excluding hydrogens is 342 g/mol. The monoisotopic (exact) mass is 370 g/mol. The Balaban J connectivity index is -0.00000162. The molecule has 0 N–H and O–H groups in total. The summed E-state index contributed by atoms with van der Waals surface area (Å²) >= 11 is 0. The van der Waals surface area contributed by atoms with E-state index in [9.17, 15) is 4.79 Å². The van der Waals surface area contributed by atoms with Crippen LogP contribution in [-0.2, 0) is 44.0 Å². The van der Waals surface area contributed by atoms with Gasteiger partial charge in [-0.25, -0.2) is 0 Å². The number of carbonyl (C=O) groups is 1. The number of hydrogen-bond acceptors (Lipinski definition) is 4. The van der Waals surface area contributed by atoms with Crippen molar-refractivity contribution in [3.8, 4) is 0 Å². The van der Waals surface area contributed by atoms with E-state index < -0.39 is 5.97 Å². The number of hydrogen-bond donors (Lipinski definition) is 0. The van der Waals surface area contributed by atoms with Crippen LogP contribution in [0.4, 0.5) is 0 Å². The zero-order valence-corrected chi connectivity index (χ0v) is 19.1. The first-order valence-electron chi connectivity index (χ1n) is 7.51. The third-order valence-electron chi connectivity index (χ3n) is 2.85. The van der Waals surface area contributed by atoms with Gasteiger partial charge in [0.2, 0.25) is 0 Å².